The van der Waals surface area contributed by atoms with Crippen molar-refractivity contribution in [1.29, 1.82) is 0 Å². The topological polar surface area (TPSA) is 65.5 Å². The molecule has 3 N–H and O–H groups in total. The van der Waals surface area contributed by atoms with Crippen molar-refractivity contribution in [2.24, 2.45) is 4.99 Å². The molecule has 5 nitrogen and oxygen atoms in total. The minimum Gasteiger partial charge on any atom is -0.323 e. The Bertz CT molecular complexity index is 746. The number of carbonyl (C=O) groups excluding carboxylic acids is 1. The number of nitrogens with one attached hydrogen (secondary N) is 3. The Balaban J connectivity index is 1.70. The Labute approximate surface area is 125 Å². The molecule has 2 aliphatic heterocycles. The number of thioether (sulfide) groups is 1. The van der Waals surface area contributed by atoms with Crippen LogP contribution in [0.2, 0.25) is 0 Å². The van der Waals surface area contributed by atoms with E-state index in [9.17, 15) is 4.79 Å². The number of para-hydroxylation sites is 2. The quantitative estimate of drug-likeness (QED) is 0.755. The van der Waals surface area contributed by atoms with E-state index in [1.165, 1.54) is 11.8 Å². The Morgan fingerprint density at radius 1 is 1.00 bits per heavy atom. The summed E-state index contributed by atoms with van der Waals surface area (Å²) in [4.78, 5) is 16.0. The van der Waals surface area contributed by atoms with Gasteiger partial charge in [0.15, 0.2) is 10.0 Å². The predicted octanol–water partition coefficient (Wildman–Crippen LogP) is 2.32. The molecule has 4 rings (SSSR count). The van der Waals surface area contributed by atoms with E-state index in [1.807, 2.05) is 54.6 Å². The maximum atomic E-state index is 12.4. The van der Waals surface area contributed by atoms with Crippen LogP contribution in [0.25, 0.3) is 0 Å². The number of hydrazine groups is 1. The van der Waals surface area contributed by atoms with Gasteiger partial charge in [-0.05, 0) is 30.0 Å². The first-order valence-electron chi connectivity index (χ1n) is 6.55. The van der Waals surface area contributed by atoms with Crippen LogP contribution >= 0.6 is 11.8 Å². The summed E-state index contributed by atoms with van der Waals surface area (Å²) in [6.45, 7) is 0. The average Bonchev–Trinajstić information content (AvgIpc) is 3.05. The number of hydrogen-bond donors (Lipinski definition) is 3. The molecule has 1 unspecified atom stereocenters. The Morgan fingerprint density at radius 2 is 1.76 bits per heavy atom. The van der Waals surface area contributed by atoms with Crippen molar-refractivity contribution >= 4 is 34.2 Å². The van der Waals surface area contributed by atoms with Gasteiger partial charge in [-0.1, -0.05) is 36.4 Å². The van der Waals surface area contributed by atoms with Crippen molar-refractivity contribution in [2.45, 2.75) is 4.87 Å². The molecule has 0 aliphatic carbocycles. The molecule has 2 aromatic rings. The van der Waals surface area contributed by atoms with Crippen LogP contribution in [-0.2, 0) is 9.67 Å². The van der Waals surface area contributed by atoms with Crippen LogP contribution in [0.15, 0.2) is 59.6 Å². The maximum Gasteiger partial charge on any atom is 0.262 e. The number of fused-ring (bicyclic) bond motifs is 2. The van der Waals surface area contributed by atoms with E-state index >= 15 is 0 Å². The van der Waals surface area contributed by atoms with Crippen molar-refractivity contribution in [3.8, 4) is 0 Å². The zero-order valence-corrected chi connectivity index (χ0v) is 11.8. The van der Waals surface area contributed by atoms with Gasteiger partial charge in [0.2, 0.25) is 0 Å². The van der Waals surface area contributed by atoms with Crippen LogP contribution in [0, 0.1) is 0 Å². The van der Waals surface area contributed by atoms with Crippen molar-refractivity contribution in [1.82, 2.24) is 10.9 Å². The molecule has 21 heavy (non-hydrogen) atoms. The lowest BCUT2D eigenvalue weighted by molar-refractivity contribution is -0.118. The predicted molar refractivity (Wildman–Crippen MR) is 84.1 cm³/mol. The smallest absolute Gasteiger partial charge is 0.262 e. The number of hydrogen-bond acceptors (Lipinski definition) is 4. The number of rotatable bonds is 1. The van der Waals surface area contributed by atoms with Crippen molar-refractivity contribution in [2.75, 3.05) is 5.32 Å². The maximum absolute atomic E-state index is 12.4. The fourth-order valence-corrected chi connectivity index (χ4v) is 3.54. The third-order valence-electron chi connectivity index (χ3n) is 3.46. The highest BCUT2D eigenvalue weighted by Crippen LogP contribution is 2.46. The normalized spacial score (nSPS) is 25.0. The number of benzene rings is 2. The molecule has 2 aromatic carbocycles. The molecule has 1 fully saturated rings. The van der Waals surface area contributed by atoms with Gasteiger partial charge in [0.25, 0.3) is 5.91 Å². The molecule has 2 heterocycles. The second-order valence-corrected chi connectivity index (χ2v) is 5.99. The van der Waals surface area contributed by atoms with Gasteiger partial charge in [-0.3, -0.25) is 10.2 Å². The van der Waals surface area contributed by atoms with Crippen LogP contribution in [0.1, 0.15) is 5.56 Å². The van der Waals surface area contributed by atoms with Gasteiger partial charge in [0, 0.05) is 11.3 Å². The van der Waals surface area contributed by atoms with Crippen LogP contribution in [0.4, 0.5) is 11.4 Å². The molecule has 1 spiro atoms. The summed E-state index contributed by atoms with van der Waals surface area (Å²) < 4.78 is 0. The molecule has 1 atom stereocenters. The number of amides is 1. The third kappa shape index (κ3) is 1.91. The van der Waals surface area contributed by atoms with Crippen LogP contribution in [0.3, 0.4) is 0 Å². The Kier molecular flexibility index (Phi) is 2.73. The largest absolute Gasteiger partial charge is 0.323 e. The second-order valence-electron chi connectivity index (χ2n) is 4.79. The fraction of sp³-hybridized carbons (Fsp3) is 0.0667. The molecular formula is C15H12N4OS. The van der Waals surface area contributed by atoms with Crippen molar-refractivity contribution in [3.63, 3.8) is 0 Å². The van der Waals surface area contributed by atoms with E-state index in [0.29, 0.717) is 5.17 Å². The Morgan fingerprint density at radius 3 is 2.62 bits per heavy atom. The number of nitrogens with zero attached hydrogens (tertiary/aromatic N) is 1. The summed E-state index contributed by atoms with van der Waals surface area (Å²) in [5.74, 6) is -0.0838. The van der Waals surface area contributed by atoms with E-state index in [1.54, 1.807) is 0 Å². The minimum atomic E-state index is -0.843. The molecular weight excluding hydrogens is 284 g/mol. The first-order chi connectivity index (χ1) is 10.3. The van der Waals surface area contributed by atoms with Gasteiger partial charge in [0.1, 0.15) is 0 Å². The third-order valence-corrected chi connectivity index (χ3v) is 4.66. The van der Waals surface area contributed by atoms with Gasteiger partial charge in [-0.2, -0.15) is 0 Å². The first-order valence-corrected chi connectivity index (χ1v) is 7.36. The van der Waals surface area contributed by atoms with Crippen LogP contribution in [0.5, 0.6) is 0 Å². The second kappa shape index (κ2) is 4.61. The molecule has 0 bridgehead atoms. The van der Waals surface area contributed by atoms with Crippen molar-refractivity contribution < 1.29 is 4.79 Å². The van der Waals surface area contributed by atoms with E-state index in [0.717, 1.165) is 16.9 Å². The van der Waals surface area contributed by atoms with E-state index in [2.05, 4.69) is 21.2 Å². The molecule has 1 amide bonds. The highest BCUT2D eigenvalue weighted by atomic mass is 32.2. The zero-order valence-electron chi connectivity index (χ0n) is 11.0. The molecule has 2 aliphatic rings. The summed E-state index contributed by atoms with van der Waals surface area (Å²) in [6, 6.07) is 17.3. The monoisotopic (exact) mass is 296 g/mol. The summed E-state index contributed by atoms with van der Waals surface area (Å²) in [6.07, 6.45) is 0. The molecule has 0 saturated carbocycles. The number of carbonyl (C=O) groups is 1. The van der Waals surface area contributed by atoms with E-state index in [-0.39, 0.29) is 5.91 Å². The van der Waals surface area contributed by atoms with Gasteiger partial charge < -0.3 is 5.32 Å². The summed E-state index contributed by atoms with van der Waals surface area (Å²) in [5, 5.41) is 3.57. The Hall–Kier alpha value is -2.31. The number of aliphatic imine (C=N–C) groups is 1. The van der Waals surface area contributed by atoms with Gasteiger partial charge in [-0.25, -0.2) is 10.4 Å². The number of amidine groups is 1. The van der Waals surface area contributed by atoms with Gasteiger partial charge in [-0.15, -0.1) is 0 Å². The van der Waals surface area contributed by atoms with Crippen LogP contribution < -0.4 is 16.2 Å². The highest BCUT2D eigenvalue weighted by molar-refractivity contribution is 8.15. The lowest BCUT2D eigenvalue weighted by Gasteiger charge is -2.17. The zero-order chi connectivity index (χ0) is 14.3. The fourth-order valence-electron chi connectivity index (χ4n) is 2.47. The first kappa shape index (κ1) is 12.4. The molecule has 0 aromatic heterocycles. The lowest BCUT2D eigenvalue weighted by Crippen LogP contribution is -2.45. The van der Waals surface area contributed by atoms with Crippen LogP contribution in [-0.4, -0.2) is 11.1 Å². The van der Waals surface area contributed by atoms with E-state index < -0.39 is 4.87 Å². The minimum absolute atomic E-state index is 0.0838. The lowest BCUT2D eigenvalue weighted by atomic mass is 10.1. The molecule has 0 radical (unpaired) electrons. The average molecular weight is 296 g/mol. The summed E-state index contributed by atoms with van der Waals surface area (Å²) >= 11 is 1.38. The molecule has 6 heteroatoms. The molecule has 104 valence electrons. The number of anilines is 1. The summed E-state index contributed by atoms with van der Waals surface area (Å²) in [5.41, 5.74) is 8.70. The standard InChI is InChI=1S/C15H12N4OS/c20-13-15(11-8-4-5-9-12(11)17-13)19-18-14(21-15)16-10-6-2-1-3-7-10/h1-9,19H,(H,16,18)(H,17,20). The summed E-state index contributed by atoms with van der Waals surface area (Å²) in [7, 11) is 0. The highest BCUT2D eigenvalue weighted by Gasteiger charge is 2.52. The van der Waals surface area contributed by atoms with E-state index in [4.69, 9.17) is 0 Å². The van der Waals surface area contributed by atoms with Gasteiger partial charge >= 0.3 is 0 Å². The van der Waals surface area contributed by atoms with Crippen molar-refractivity contribution in [3.05, 3.63) is 60.2 Å². The van der Waals surface area contributed by atoms with Gasteiger partial charge in [0.05, 0.1) is 5.69 Å². The molecule has 1 saturated heterocycles. The SMILES string of the molecule is O=C1Nc2ccccc2C12NNC(=Nc1ccccc1)S2.